The van der Waals surface area contributed by atoms with Crippen molar-refractivity contribution in [3.63, 3.8) is 0 Å². The lowest BCUT2D eigenvalue weighted by Gasteiger charge is -2.45. The van der Waals surface area contributed by atoms with Crippen LogP contribution in [0.1, 0.15) is 45.6 Å². The second-order valence-electron chi connectivity index (χ2n) is 7.95. The number of aryl methyl sites for hydroxylation is 1. The number of nitrogens with zero attached hydrogens (tertiary/aromatic N) is 2. The topological polar surface area (TPSA) is 62.9 Å². The maximum Gasteiger partial charge on any atom is 0.254 e. The van der Waals surface area contributed by atoms with Gasteiger partial charge in [-0.15, -0.1) is 0 Å². The Kier molecular flexibility index (Phi) is 3.28. The normalized spacial score (nSPS) is 26.7. The van der Waals surface area contributed by atoms with E-state index in [2.05, 4.69) is 29.4 Å². The number of amides is 2. The summed E-state index contributed by atoms with van der Waals surface area (Å²) in [5, 5.41) is 5.29. The average Bonchev–Trinajstić information content (AvgIpc) is 3.28. The molecular formula is C24H18N2O3. The molecule has 2 bridgehead atoms. The fraction of sp³-hybridized carbons (Fsp3) is 0.208. The van der Waals surface area contributed by atoms with Gasteiger partial charge in [-0.2, -0.15) is 10.1 Å². The van der Waals surface area contributed by atoms with Gasteiger partial charge in [-0.1, -0.05) is 48.5 Å². The van der Waals surface area contributed by atoms with Crippen LogP contribution in [-0.4, -0.2) is 23.0 Å². The Hall–Kier alpha value is -3.47. The van der Waals surface area contributed by atoms with Crippen molar-refractivity contribution in [3.05, 3.63) is 94.4 Å². The molecule has 2 atom stereocenters. The Morgan fingerprint density at radius 2 is 1.28 bits per heavy atom. The zero-order valence-corrected chi connectivity index (χ0v) is 15.8. The van der Waals surface area contributed by atoms with Crippen molar-refractivity contribution in [2.24, 2.45) is 16.9 Å². The van der Waals surface area contributed by atoms with Gasteiger partial charge >= 0.3 is 0 Å². The maximum atomic E-state index is 13.3. The van der Waals surface area contributed by atoms with Gasteiger partial charge in [0.2, 0.25) is 0 Å². The summed E-state index contributed by atoms with van der Waals surface area (Å²) in [6, 6.07) is 20.0. The number of hydrogen-bond donors (Lipinski definition) is 0. The number of rotatable bonds is 2. The highest BCUT2D eigenvalue weighted by atomic mass is 16.3. The lowest BCUT2D eigenvalue weighted by molar-refractivity contribution is -0.139. The minimum atomic E-state index is -0.409. The molecule has 2 amide bonds. The molecule has 7 rings (SSSR count). The van der Waals surface area contributed by atoms with Gasteiger partial charge in [0.1, 0.15) is 11.5 Å². The summed E-state index contributed by atoms with van der Waals surface area (Å²) < 4.78 is 5.49. The van der Waals surface area contributed by atoms with E-state index < -0.39 is 11.8 Å². The van der Waals surface area contributed by atoms with Gasteiger partial charge in [-0.3, -0.25) is 9.59 Å². The molecule has 2 aromatic carbocycles. The van der Waals surface area contributed by atoms with Crippen LogP contribution in [0.2, 0.25) is 0 Å². The van der Waals surface area contributed by atoms with Crippen LogP contribution in [0.15, 0.2) is 70.2 Å². The van der Waals surface area contributed by atoms with Crippen molar-refractivity contribution >= 4 is 18.0 Å². The number of carbonyl (C=O) groups is 2. The molecule has 0 spiro atoms. The van der Waals surface area contributed by atoms with E-state index in [1.807, 2.05) is 37.3 Å². The summed E-state index contributed by atoms with van der Waals surface area (Å²) in [7, 11) is 0. The van der Waals surface area contributed by atoms with Gasteiger partial charge in [-0.25, -0.2) is 0 Å². The largest absolute Gasteiger partial charge is 0.460 e. The molecule has 3 aromatic rings. The number of hydrazone groups is 1. The molecule has 5 nitrogen and oxygen atoms in total. The van der Waals surface area contributed by atoms with Gasteiger partial charge in [0.25, 0.3) is 11.8 Å². The first kappa shape index (κ1) is 16.5. The Morgan fingerprint density at radius 1 is 0.793 bits per heavy atom. The van der Waals surface area contributed by atoms with Crippen LogP contribution in [0, 0.1) is 18.8 Å². The summed E-state index contributed by atoms with van der Waals surface area (Å²) in [5.74, 6) is -0.215. The van der Waals surface area contributed by atoms with E-state index in [4.69, 9.17) is 4.42 Å². The summed E-state index contributed by atoms with van der Waals surface area (Å²) in [6.45, 7) is 1.84. The molecule has 29 heavy (non-hydrogen) atoms. The first-order valence-electron chi connectivity index (χ1n) is 9.81. The van der Waals surface area contributed by atoms with Crippen LogP contribution in [-0.2, 0) is 9.59 Å². The van der Waals surface area contributed by atoms with Gasteiger partial charge in [0.05, 0.1) is 18.1 Å². The fourth-order valence-corrected chi connectivity index (χ4v) is 5.41. The van der Waals surface area contributed by atoms with Gasteiger partial charge in [0.15, 0.2) is 0 Å². The molecule has 0 saturated carbocycles. The lowest BCUT2D eigenvalue weighted by Crippen LogP contribution is -2.41. The van der Waals surface area contributed by atoms with Crippen LogP contribution < -0.4 is 0 Å². The highest BCUT2D eigenvalue weighted by Gasteiger charge is 2.61. The highest BCUT2D eigenvalue weighted by Crippen LogP contribution is 2.60. The van der Waals surface area contributed by atoms with Crippen LogP contribution in [0.3, 0.4) is 0 Å². The molecule has 0 N–H and O–H groups in total. The van der Waals surface area contributed by atoms with E-state index in [0.29, 0.717) is 5.76 Å². The standard InChI is InChI=1S/C24H18N2O3/c1-13-10-11-14(29-13)12-25-26-23(27)21-19-15-6-2-3-7-16(15)20(22(21)24(26)28)18-9-5-4-8-17(18)19/h2-12,19-22H,1H3/b25-12-/t19?,20?,21-,22+. The van der Waals surface area contributed by atoms with Crippen LogP contribution in [0.25, 0.3) is 0 Å². The highest BCUT2D eigenvalue weighted by molar-refractivity contribution is 6.08. The molecule has 142 valence electrons. The molecule has 2 heterocycles. The zero-order valence-electron chi connectivity index (χ0n) is 15.8. The Morgan fingerprint density at radius 3 is 1.69 bits per heavy atom. The minimum absolute atomic E-state index is 0.111. The predicted molar refractivity (Wildman–Crippen MR) is 106 cm³/mol. The van der Waals surface area contributed by atoms with Crippen molar-refractivity contribution in [1.29, 1.82) is 0 Å². The average molecular weight is 382 g/mol. The third-order valence-corrected chi connectivity index (χ3v) is 6.49. The van der Waals surface area contributed by atoms with E-state index in [0.717, 1.165) is 33.0 Å². The van der Waals surface area contributed by atoms with Gasteiger partial charge in [0, 0.05) is 11.8 Å². The quantitative estimate of drug-likeness (QED) is 0.500. The summed E-state index contributed by atoms with van der Waals surface area (Å²) in [6.07, 6.45) is 1.45. The first-order chi connectivity index (χ1) is 14.1. The summed E-state index contributed by atoms with van der Waals surface area (Å²) >= 11 is 0. The van der Waals surface area contributed by atoms with Crippen LogP contribution in [0.4, 0.5) is 0 Å². The van der Waals surface area contributed by atoms with Crippen molar-refractivity contribution in [1.82, 2.24) is 5.01 Å². The molecule has 1 aliphatic heterocycles. The number of carbonyl (C=O) groups excluding carboxylic acids is 2. The van der Waals surface area contributed by atoms with Crippen LogP contribution >= 0.6 is 0 Å². The number of benzene rings is 2. The summed E-state index contributed by atoms with van der Waals surface area (Å²) in [4.78, 5) is 26.7. The SMILES string of the molecule is Cc1ccc(/C=N\N2C(=O)[C@@H]3C4c5ccccc5C(c5ccccc54)[C@@H]3C2=O)o1. The molecule has 5 heteroatoms. The van der Waals surface area contributed by atoms with Crippen molar-refractivity contribution in [2.45, 2.75) is 18.8 Å². The van der Waals surface area contributed by atoms with Gasteiger partial charge in [-0.05, 0) is 41.3 Å². The number of furan rings is 1. The van der Waals surface area contributed by atoms with Crippen molar-refractivity contribution in [3.8, 4) is 0 Å². The van der Waals surface area contributed by atoms with E-state index in [1.165, 1.54) is 6.21 Å². The molecule has 3 aliphatic carbocycles. The van der Waals surface area contributed by atoms with E-state index in [-0.39, 0.29) is 23.7 Å². The summed E-state index contributed by atoms with van der Waals surface area (Å²) in [5.41, 5.74) is 4.63. The Bertz CT molecular complexity index is 1090. The smallest absolute Gasteiger partial charge is 0.254 e. The molecule has 1 saturated heterocycles. The minimum Gasteiger partial charge on any atom is -0.460 e. The third-order valence-electron chi connectivity index (χ3n) is 6.49. The maximum absolute atomic E-state index is 13.3. The number of imide groups is 1. The van der Waals surface area contributed by atoms with Crippen LogP contribution in [0.5, 0.6) is 0 Å². The third kappa shape index (κ3) is 2.13. The van der Waals surface area contributed by atoms with Gasteiger partial charge < -0.3 is 4.42 Å². The second kappa shape index (κ2) is 5.77. The molecule has 4 aliphatic rings. The molecular weight excluding hydrogens is 364 g/mol. The zero-order chi connectivity index (χ0) is 19.7. The lowest BCUT2D eigenvalue weighted by atomic mass is 9.55. The van der Waals surface area contributed by atoms with E-state index in [1.54, 1.807) is 6.07 Å². The molecule has 1 aromatic heterocycles. The molecule has 0 unspecified atom stereocenters. The Labute approximate surface area is 167 Å². The van der Waals surface area contributed by atoms with E-state index >= 15 is 0 Å². The number of hydrogen-bond acceptors (Lipinski definition) is 4. The predicted octanol–water partition coefficient (Wildman–Crippen LogP) is 3.81. The van der Waals surface area contributed by atoms with Crippen molar-refractivity contribution in [2.75, 3.05) is 0 Å². The monoisotopic (exact) mass is 382 g/mol. The molecule has 0 radical (unpaired) electrons. The molecule has 1 fully saturated rings. The van der Waals surface area contributed by atoms with Crippen molar-refractivity contribution < 1.29 is 14.0 Å². The fourth-order valence-electron chi connectivity index (χ4n) is 5.41. The van der Waals surface area contributed by atoms with E-state index in [9.17, 15) is 9.59 Å². The Balaban J connectivity index is 1.47. The second-order valence-corrected chi connectivity index (χ2v) is 7.95. The first-order valence-corrected chi connectivity index (χ1v) is 9.81.